The van der Waals surface area contributed by atoms with E-state index < -0.39 is 12.0 Å². The van der Waals surface area contributed by atoms with Crippen LogP contribution in [-0.4, -0.2) is 46.1 Å². The summed E-state index contributed by atoms with van der Waals surface area (Å²) in [5.41, 5.74) is 0. The normalized spacial score (nSPS) is 17.6. The van der Waals surface area contributed by atoms with Crippen molar-refractivity contribution >= 4 is 17.7 Å². The number of rotatable bonds is 4. The van der Waals surface area contributed by atoms with Crippen molar-refractivity contribution in [2.45, 2.75) is 25.8 Å². The lowest BCUT2D eigenvalue weighted by atomic mass is 9.95. The smallest absolute Gasteiger partial charge is 0.325 e. The molecule has 1 aliphatic heterocycles. The largest absolute Gasteiger partial charge is 0.480 e. The highest BCUT2D eigenvalue weighted by Crippen LogP contribution is 2.21. The summed E-state index contributed by atoms with van der Waals surface area (Å²) in [7, 11) is 0. The Morgan fingerprint density at radius 2 is 2.10 bits per heavy atom. The van der Waals surface area contributed by atoms with Gasteiger partial charge in [0.05, 0.1) is 6.20 Å². The van der Waals surface area contributed by atoms with Crippen molar-refractivity contribution in [3.8, 4) is 0 Å². The molecule has 7 nitrogen and oxygen atoms in total. The van der Waals surface area contributed by atoms with Crippen LogP contribution in [0.2, 0.25) is 0 Å². The van der Waals surface area contributed by atoms with Crippen molar-refractivity contribution < 1.29 is 14.7 Å². The summed E-state index contributed by atoms with van der Waals surface area (Å²) >= 11 is 0. The third-order valence-corrected chi connectivity index (χ3v) is 3.47. The van der Waals surface area contributed by atoms with Crippen molar-refractivity contribution in [1.82, 2.24) is 15.3 Å². The van der Waals surface area contributed by atoms with Crippen molar-refractivity contribution in [2.24, 2.45) is 5.92 Å². The molecular weight excluding hydrogens is 260 g/mol. The van der Waals surface area contributed by atoms with Crippen molar-refractivity contribution in [3.63, 3.8) is 0 Å². The topological polar surface area (TPSA) is 95.4 Å². The standard InChI is InChI=1S/C13H18N4O3/c1-9(13(19)20)16-12(18)10-2-6-17(7-3-10)11-8-14-4-5-15-11/h4-5,8-10H,2-3,6-7H2,1H3,(H,16,18)(H,19,20). The zero-order valence-corrected chi connectivity index (χ0v) is 11.3. The number of carbonyl (C=O) groups excluding carboxylic acids is 1. The summed E-state index contributed by atoms with van der Waals surface area (Å²) in [5.74, 6) is -0.524. The van der Waals surface area contributed by atoms with Crippen molar-refractivity contribution in [2.75, 3.05) is 18.0 Å². The van der Waals surface area contributed by atoms with Crippen LogP contribution in [0.15, 0.2) is 18.6 Å². The molecule has 2 heterocycles. The van der Waals surface area contributed by atoms with Crippen LogP contribution in [0.1, 0.15) is 19.8 Å². The van der Waals surface area contributed by atoms with E-state index in [1.54, 1.807) is 18.6 Å². The number of nitrogens with zero attached hydrogens (tertiary/aromatic N) is 3. The van der Waals surface area contributed by atoms with Crippen LogP contribution in [0.3, 0.4) is 0 Å². The molecule has 1 amide bonds. The van der Waals surface area contributed by atoms with Gasteiger partial charge in [0, 0.05) is 31.4 Å². The number of hydrogen-bond acceptors (Lipinski definition) is 5. The number of anilines is 1. The van der Waals surface area contributed by atoms with E-state index in [1.165, 1.54) is 6.92 Å². The van der Waals surface area contributed by atoms with Crippen molar-refractivity contribution in [3.05, 3.63) is 18.6 Å². The Bertz CT molecular complexity index is 472. The van der Waals surface area contributed by atoms with Gasteiger partial charge in [0.2, 0.25) is 5.91 Å². The molecule has 0 spiro atoms. The van der Waals surface area contributed by atoms with Gasteiger partial charge in [-0.15, -0.1) is 0 Å². The number of aromatic nitrogens is 2. The molecular formula is C13H18N4O3. The second-order valence-corrected chi connectivity index (χ2v) is 4.89. The molecule has 108 valence electrons. The highest BCUT2D eigenvalue weighted by molar-refractivity contribution is 5.84. The number of hydrogen-bond donors (Lipinski definition) is 2. The second kappa shape index (κ2) is 6.31. The quantitative estimate of drug-likeness (QED) is 0.821. The highest BCUT2D eigenvalue weighted by atomic mass is 16.4. The van der Waals surface area contributed by atoms with Gasteiger partial charge in [-0.25, -0.2) is 4.98 Å². The average Bonchev–Trinajstić information content (AvgIpc) is 2.48. The average molecular weight is 278 g/mol. The Balaban J connectivity index is 1.85. The zero-order valence-electron chi connectivity index (χ0n) is 11.3. The molecule has 1 aliphatic rings. The Kier molecular flexibility index (Phi) is 4.49. The molecule has 0 saturated carbocycles. The molecule has 2 N–H and O–H groups in total. The fourth-order valence-electron chi connectivity index (χ4n) is 2.22. The van der Waals surface area contributed by atoms with E-state index in [4.69, 9.17) is 5.11 Å². The molecule has 1 unspecified atom stereocenters. The number of amides is 1. The Morgan fingerprint density at radius 1 is 1.40 bits per heavy atom. The van der Waals surface area contributed by atoms with Crippen LogP contribution < -0.4 is 10.2 Å². The first kappa shape index (κ1) is 14.2. The minimum Gasteiger partial charge on any atom is -0.480 e. The van der Waals surface area contributed by atoms with Crippen LogP contribution in [0.5, 0.6) is 0 Å². The minimum atomic E-state index is -1.02. The van der Waals surface area contributed by atoms with Gasteiger partial charge in [-0.1, -0.05) is 0 Å². The maximum absolute atomic E-state index is 11.9. The highest BCUT2D eigenvalue weighted by Gasteiger charge is 2.27. The SMILES string of the molecule is CC(NC(=O)C1CCN(c2cnccn2)CC1)C(=O)O. The van der Waals surface area contributed by atoms with Crippen LogP contribution in [0.4, 0.5) is 5.82 Å². The Morgan fingerprint density at radius 3 is 2.65 bits per heavy atom. The van der Waals surface area contributed by atoms with Crippen LogP contribution in [0, 0.1) is 5.92 Å². The summed E-state index contributed by atoms with van der Waals surface area (Å²) in [4.78, 5) is 33.0. The van der Waals surface area contributed by atoms with Gasteiger partial charge in [0.25, 0.3) is 0 Å². The molecule has 1 atom stereocenters. The van der Waals surface area contributed by atoms with Gasteiger partial charge in [0.1, 0.15) is 11.9 Å². The second-order valence-electron chi connectivity index (χ2n) is 4.89. The monoisotopic (exact) mass is 278 g/mol. The molecule has 20 heavy (non-hydrogen) atoms. The van der Waals surface area contributed by atoms with Crippen LogP contribution in [-0.2, 0) is 9.59 Å². The first-order valence-corrected chi connectivity index (χ1v) is 6.62. The molecule has 1 saturated heterocycles. The summed E-state index contributed by atoms with van der Waals surface area (Å²) in [6, 6.07) is -0.847. The number of carbonyl (C=O) groups is 2. The van der Waals surface area contributed by atoms with Crippen LogP contribution in [0.25, 0.3) is 0 Å². The van der Waals surface area contributed by atoms with E-state index in [1.807, 2.05) is 0 Å². The molecule has 0 bridgehead atoms. The Labute approximate surface area is 117 Å². The van der Waals surface area contributed by atoms with E-state index in [9.17, 15) is 9.59 Å². The van der Waals surface area contributed by atoms with Gasteiger partial charge in [0.15, 0.2) is 0 Å². The van der Waals surface area contributed by atoms with E-state index in [0.29, 0.717) is 12.8 Å². The molecule has 1 fully saturated rings. The van der Waals surface area contributed by atoms with E-state index in [2.05, 4.69) is 20.2 Å². The van der Waals surface area contributed by atoms with Gasteiger partial charge in [-0.3, -0.25) is 14.6 Å². The third kappa shape index (κ3) is 3.43. The number of piperidine rings is 1. The molecule has 0 radical (unpaired) electrons. The first-order valence-electron chi connectivity index (χ1n) is 6.62. The summed E-state index contributed by atoms with van der Waals surface area (Å²) in [6.07, 6.45) is 6.34. The molecule has 0 aliphatic carbocycles. The minimum absolute atomic E-state index is 0.135. The first-order chi connectivity index (χ1) is 9.58. The van der Waals surface area contributed by atoms with Gasteiger partial charge < -0.3 is 15.3 Å². The number of carboxylic acids is 1. The van der Waals surface area contributed by atoms with Gasteiger partial charge >= 0.3 is 5.97 Å². The van der Waals surface area contributed by atoms with Gasteiger partial charge in [-0.2, -0.15) is 0 Å². The van der Waals surface area contributed by atoms with Crippen LogP contribution >= 0.6 is 0 Å². The van der Waals surface area contributed by atoms with E-state index in [-0.39, 0.29) is 11.8 Å². The van der Waals surface area contributed by atoms with Gasteiger partial charge in [-0.05, 0) is 19.8 Å². The lowest BCUT2D eigenvalue weighted by Gasteiger charge is -2.32. The predicted octanol–water partition coefficient (Wildman–Crippen LogP) is 0.282. The maximum atomic E-state index is 11.9. The predicted molar refractivity (Wildman–Crippen MR) is 72.2 cm³/mol. The fourth-order valence-corrected chi connectivity index (χ4v) is 2.22. The van der Waals surface area contributed by atoms with Crippen molar-refractivity contribution in [1.29, 1.82) is 0 Å². The lowest BCUT2D eigenvalue weighted by Crippen LogP contribution is -2.45. The number of carboxylic acid groups (broad SMARTS) is 1. The number of aliphatic carboxylic acids is 1. The lowest BCUT2D eigenvalue weighted by molar-refractivity contribution is -0.142. The van der Waals surface area contributed by atoms with E-state index >= 15 is 0 Å². The molecule has 7 heteroatoms. The molecule has 2 rings (SSSR count). The molecule has 1 aromatic heterocycles. The summed E-state index contributed by atoms with van der Waals surface area (Å²) < 4.78 is 0. The Hall–Kier alpha value is -2.18. The summed E-state index contributed by atoms with van der Waals surface area (Å²) in [5, 5.41) is 11.3. The number of nitrogens with one attached hydrogen (secondary N) is 1. The van der Waals surface area contributed by atoms with E-state index in [0.717, 1.165) is 18.9 Å². The fraction of sp³-hybridized carbons (Fsp3) is 0.538. The third-order valence-electron chi connectivity index (χ3n) is 3.47. The molecule has 0 aromatic carbocycles. The maximum Gasteiger partial charge on any atom is 0.325 e. The zero-order chi connectivity index (χ0) is 14.5. The summed E-state index contributed by atoms with van der Waals surface area (Å²) in [6.45, 7) is 2.91. The molecule has 1 aromatic rings.